The van der Waals surface area contributed by atoms with Gasteiger partial charge in [0.15, 0.2) is 5.78 Å². The SMILES string of the molecule is COc1ccc(F)c(C(=O)C2CC3CCCC(C2)N3Cc2ccccc2)c1. The Balaban J connectivity index is 1.52. The van der Waals surface area contributed by atoms with E-state index in [1.165, 1.54) is 25.2 Å². The third-order valence-corrected chi connectivity index (χ3v) is 6.14. The van der Waals surface area contributed by atoms with Crippen LogP contribution in [0.15, 0.2) is 48.5 Å². The van der Waals surface area contributed by atoms with E-state index in [0.29, 0.717) is 17.8 Å². The summed E-state index contributed by atoms with van der Waals surface area (Å²) in [6.07, 6.45) is 5.09. The summed E-state index contributed by atoms with van der Waals surface area (Å²) in [4.78, 5) is 15.6. The van der Waals surface area contributed by atoms with E-state index in [2.05, 4.69) is 29.2 Å². The second-order valence-electron chi connectivity index (χ2n) is 7.77. The number of carbonyl (C=O) groups is 1. The predicted molar refractivity (Wildman–Crippen MR) is 103 cm³/mol. The predicted octanol–water partition coefficient (Wildman–Crippen LogP) is 4.85. The highest BCUT2D eigenvalue weighted by Gasteiger charge is 2.41. The number of benzene rings is 2. The van der Waals surface area contributed by atoms with Crippen LogP contribution in [0.5, 0.6) is 5.75 Å². The smallest absolute Gasteiger partial charge is 0.169 e. The number of hydrogen-bond donors (Lipinski definition) is 0. The Bertz CT molecular complexity index is 793. The summed E-state index contributed by atoms with van der Waals surface area (Å²) in [5.41, 5.74) is 1.49. The molecule has 2 fully saturated rings. The van der Waals surface area contributed by atoms with Crippen molar-refractivity contribution >= 4 is 5.78 Å². The van der Waals surface area contributed by atoms with Crippen LogP contribution in [0.2, 0.25) is 0 Å². The lowest BCUT2D eigenvalue weighted by Crippen LogP contribution is -2.52. The van der Waals surface area contributed by atoms with Crippen molar-refractivity contribution in [2.24, 2.45) is 5.92 Å². The monoisotopic (exact) mass is 367 g/mol. The summed E-state index contributed by atoms with van der Waals surface area (Å²) in [7, 11) is 1.54. The summed E-state index contributed by atoms with van der Waals surface area (Å²) >= 11 is 0. The fourth-order valence-electron chi connectivity index (χ4n) is 4.79. The second-order valence-corrected chi connectivity index (χ2v) is 7.77. The van der Waals surface area contributed by atoms with E-state index in [0.717, 1.165) is 32.2 Å². The molecule has 2 aromatic carbocycles. The molecule has 142 valence electrons. The Morgan fingerprint density at radius 1 is 1.11 bits per heavy atom. The zero-order valence-corrected chi connectivity index (χ0v) is 15.7. The van der Waals surface area contributed by atoms with Crippen molar-refractivity contribution in [3.63, 3.8) is 0 Å². The molecule has 0 spiro atoms. The van der Waals surface area contributed by atoms with Crippen molar-refractivity contribution in [3.8, 4) is 5.75 Å². The van der Waals surface area contributed by atoms with Crippen molar-refractivity contribution in [2.45, 2.75) is 50.7 Å². The van der Waals surface area contributed by atoms with Gasteiger partial charge in [-0.3, -0.25) is 9.69 Å². The van der Waals surface area contributed by atoms with Crippen molar-refractivity contribution in [3.05, 3.63) is 65.5 Å². The van der Waals surface area contributed by atoms with Gasteiger partial charge in [-0.15, -0.1) is 0 Å². The van der Waals surface area contributed by atoms with Gasteiger partial charge in [0.1, 0.15) is 11.6 Å². The van der Waals surface area contributed by atoms with Crippen molar-refractivity contribution in [2.75, 3.05) is 7.11 Å². The van der Waals surface area contributed by atoms with Gasteiger partial charge in [-0.1, -0.05) is 36.8 Å². The molecular formula is C23H26FNO2. The molecule has 0 amide bonds. The molecule has 2 atom stereocenters. The van der Waals surface area contributed by atoms with Crippen LogP contribution in [0, 0.1) is 11.7 Å². The fourth-order valence-corrected chi connectivity index (χ4v) is 4.79. The number of rotatable bonds is 5. The van der Waals surface area contributed by atoms with Crippen LogP contribution < -0.4 is 4.74 Å². The summed E-state index contributed by atoms with van der Waals surface area (Å²) in [6, 6.07) is 15.8. The molecule has 27 heavy (non-hydrogen) atoms. The number of halogens is 1. The Morgan fingerprint density at radius 3 is 2.48 bits per heavy atom. The van der Waals surface area contributed by atoms with Crippen LogP contribution in [-0.2, 0) is 6.54 Å². The molecule has 0 saturated carbocycles. The first-order valence-electron chi connectivity index (χ1n) is 9.83. The molecule has 2 heterocycles. The van der Waals surface area contributed by atoms with Gasteiger partial charge in [0.25, 0.3) is 0 Å². The van der Waals surface area contributed by atoms with E-state index in [1.807, 2.05) is 6.07 Å². The maximum atomic E-state index is 14.3. The molecule has 2 saturated heterocycles. The summed E-state index contributed by atoms with van der Waals surface area (Å²) in [6.45, 7) is 0.935. The van der Waals surface area contributed by atoms with E-state index < -0.39 is 5.82 Å². The van der Waals surface area contributed by atoms with Crippen LogP contribution in [-0.4, -0.2) is 29.9 Å². The molecule has 0 N–H and O–H groups in total. The molecule has 2 bridgehead atoms. The quantitative estimate of drug-likeness (QED) is 0.708. The van der Waals surface area contributed by atoms with Gasteiger partial charge in [0.2, 0.25) is 0 Å². The third kappa shape index (κ3) is 3.77. The summed E-state index contributed by atoms with van der Waals surface area (Å²) in [5, 5.41) is 0. The van der Waals surface area contributed by atoms with Gasteiger partial charge in [0, 0.05) is 24.5 Å². The van der Waals surface area contributed by atoms with Crippen LogP contribution in [0.25, 0.3) is 0 Å². The molecule has 3 nitrogen and oxygen atoms in total. The maximum Gasteiger partial charge on any atom is 0.169 e. The Labute approximate surface area is 160 Å². The largest absolute Gasteiger partial charge is 0.497 e. The van der Waals surface area contributed by atoms with Gasteiger partial charge in [-0.25, -0.2) is 4.39 Å². The lowest BCUT2D eigenvalue weighted by Gasteiger charge is -2.48. The normalized spacial score (nSPS) is 25.2. The van der Waals surface area contributed by atoms with E-state index in [9.17, 15) is 9.18 Å². The highest BCUT2D eigenvalue weighted by atomic mass is 19.1. The minimum atomic E-state index is -0.447. The van der Waals surface area contributed by atoms with Crippen LogP contribution in [0.4, 0.5) is 4.39 Å². The van der Waals surface area contributed by atoms with E-state index in [4.69, 9.17) is 4.74 Å². The number of ether oxygens (including phenoxy) is 1. The third-order valence-electron chi connectivity index (χ3n) is 6.14. The number of fused-ring (bicyclic) bond motifs is 2. The van der Waals surface area contributed by atoms with Crippen LogP contribution in [0.1, 0.15) is 48.0 Å². The maximum absolute atomic E-state index is 14.3. The molecule has 2 unspecified atom stereocenters. The number of carbonyl (C=O) groups excluding carboxylic acids is 1. The van der Waals surface area contributed by atoms with Crippen LogP contribution in [0.3, 0.4) is 0 Å². The Kier molecular flexibility index (Phi) is 5.26. The molecule has 4 heteroatoms. The fraction of sp³-hybridized carbons (Fsp3) is 0.435. The van der Waals surface area contributed by atoms with Crippen molar-refractivity contribution in [1.82, 2.24) is 4.90 Å². The minimum absolute atomic E-state index is 0.0670. The highest BCUT2D eigenvalue weighted by molar-refractivity contribution is 5.98. The Morgan fingerprint density at radius 2 is 1.81 bits per heavy atom. The molecule has 2 aliphatic heterocycles. The number of piperidine rings is 2. The first kappa shape index (κ1) is 18.2. The average molecular weight is 367 g/mol. The first-order chi connectivity index (χ1) is 13.2. The van der Waals surface area contributed by atoms with Crippen LogP contribution >= 0.6 is 0 Å². The molecule has 0 aliphatic carbocycles. The molecule has 0 radical (unpaired) electrons. The number of nitrogens with zero attached hydrogens (tertiary/aromatic N) is 1. The Hall–Kier alpha value is -2.20. The van der Waals surface area contributed by atoms with Gasteiger partial charge in [0.05, 0.1) is 12.7 Å². The van der Waals surface area contributed by atoms with Gasteiger partial charge in [-0.05, 0) is 49.4 Å². The van der Waals surface area contributed by atoms with Crippen molar-refractivity contribution < 1.29 is 13.9 Å². The van der Waals surface area contributed by atoms with Gasteiger partial charge in [-0.2, -0.15) is 0 Å². The van der Waals surface area contributed by atoms with Crippen molar-refractivity contribution in [1.29, 1.82) is 0 Å². The lowest BCUT2D eigenvalue weighted by atomic mass is 9.75. The number of ketones is 1. The number of methoxy groups -OCH3 is 1. The van der Waals surface area contributed by atoms with E-state index >= 15 is 0 Å². The summed E-state index contributed by atoms with van der Waals surface area (Å²) in [5.74, 6) is -0.0873. The first-order valence-corrected chi connectivity index (χ1v) is 9.83. The standard InChI is InChI=1S/C23H26FNO2/c1-27-20-10-11-22(24)21(14-20)23(26)17-12-18-8-5-9-19(13-17)25(18)15-16-6-3-2-4-7-16/h2-4,6-7,10-11,14,17-19H,5,8-9,12-13,15H2,1H3. The summed E-state index contributed by atoms with van der Waals surface area (Å²) < 4.78 is 19.5. The molecule has 0 aromatic heterocycles. The zero-order valence-electron chi connectivity index (χ0n) is 15.7. The van der Waals surface area contributed by atoms with E-state index in [1.54, 1.807) is 12.1 Å². The number of hydrogen-bond acceptors (Lipinski definition) is 3. The molecule has 2 aliphatic rings. The van der Waals surface area contributed by atoms with E-state index in [-0.39, 0.29) is 17.3 Å². The molecule has 4 rings (SSSR count). The molecule has 2 aromatic rings. The zero-order chi connectivity index (χ0) is 18.8. The number of Topliss-reactive ketones (excluding diaryl/α,β-unsaturated/α-hetero) is 1. The lowest BCUT2D eigenvalue weighted by molar-refractivity contribution is 0.00894. The van der Waals surface area contributed by atoms with Gasteiger partial charge >= 0.3 is 0 Å². The average Bonchev–Trinajstić information content (AvgIpc) is 2.68. The molecular weight excluding hydrogens is 341 g/mol. The topological polar surface area (TPSA) is 29.5 Å². The second kappa shape index (κ2) is 7.81. The van der Waals surface area contributed by atoms with Gasteiger partial charge < -0.3 is 4.74 Å². The minimum Gasteiger partial charge on any atom is -0.497 e. The highest BCUT2D eigenvalue weighted by Crippen LogP contribution is 2.39.